The number of amides is 1. The molecule has 0 unspecified atom stereocenters. The lowest BCUT2D eigenvalue weighted by molar-refractivity contribution is -0.121. The molecule has 1 aliphatic carbocycles. The molecule has 1 aromatic carbocycles. The number of aromatic nitrogens is 6. The first kappa shape index (κ1) is 19.9. The standard InChI is InChI=1S/C22H21N7O3/c30-19(13-27-14-25-18-6-2-1-5-17(18)21(27)31)24-10-11-28-22(32)29(16-7-8-16)20(26-28)15-4-3-9-23-12-15/h1-6,9,12,14,16H,7-8,10-11,13H2,(H,24,30). The van der Waals surface area contributed by atoms with Crippen molar-refractivity contribution in [1.29, 1.82) is 0 Å². The molecule has 10 nitrogen and oxygen atoms in total. The van der Waals surface area contributed by atoms with Crippen molar-refractivity contribution >= 4 is 16.8 Å². The van der Waals surface area contributed by atoms with E-state index in [4.69, 9.17) is 0 Å². The zero-order chi connectivity index (χ0) is 22.1. The van der Waals surface area contributed by atoms with E-state index in [9.17, 15) is 14.4 Å². The van der Waals surface area contributed by atoms with Crippen molar-refractivity contribution in [2.45, 2.75) is 32.0 Å². The van der Waals surface area contributed by atoms with E-state index in [1.165, 1.54) is 15.6 Å². The van der Waals surface area contributed by atoms with E-state index in [-0.39, 0.29) is 42.8 Å². The fraction of sp³-hybridized carbons (Fsp3) is 0.273. The number of carbonyl (C=O) groups excluding carboxylic acids is 1. The molecule has 1 fully saturated rings. The molecule has 0 radical (unpaired) electrons. The van der Waals surface area contributed by atoms with Gasteiger partial charge < -0.3 is 5.32 Å². The van der Waals surface area contributed by atoms with Crippen LogP contribution in [0.15, 0.2) is 64.7 Å². The Morgan fingerprint density at radius 1 is 1.12 bits per heavy atom. The maximum absolute atomic E-state index is 12.9. The zero-order valence-corrected chi connectivity index (χ0v) is 17.2. The summed E-state index contributed by atoms with van der Waals surface area (Å²) in [4.78, 5) is 46.1. The minimum atomic E-state index is -0.341. The second-order valence-electron chi connectivity index (χ2n) is 7.72. The first-order valence-electron chi connectivity index (χ1n) is 10.4. The summed E-state index contributed by atoms with van der Waals surface area (Å²) in [5.74, 6) is 0.247. The number of benzene rings is 1. The number of carbonyl (C=O) groups is 1. The SMILES string of the molecule is O=C(Cn1cnc2ccccc2c1=O)NCCn1nc(-c2cccnc2)n(C2CC2)c1=O. The highest BCUT2D eigenvalue weighted by Crippen LogP contribution is 2.36. The van der Waals surface area contributed by atoms with Gasteiger partial charge in [-0.3, -0.25) is 23.7 Å². The third kappa shape index (κ3) is 3.82. The van der Waals surface area contributed by atoms with Crippen molar-refractivity contribution in [3.63, 3.8) is 0 Å². The smallest absolute Gasteiger partial charge is 0.346 e. The van der Waals surface area contributed by atoms with Gasteiger partial charge in [-0.2, -0.15) is 0 Å². The molecule has 4 aromatic rings. The normalized spacial score (nSPS) is 13.4. The van der Waals surface area contributed by atoms with Crippen molar-refractivity contribution in [1.82, 2.24) is 34.2 Å². The van der Waals surface area contributed by atoms with Crippen LogP contribution in [-0.2, 0) is 17.9 Å². The molecule has 1 aliphatic rings. The van der Waals surface area contributed by atoms with Gasteiger partial charge in [0.15, 0.2) is 5.82 Å². The largest absolute Gasteiger partial charge is 0.353 e. The fourth-order valence-corrected chi connectivity index (χ4v) is 3.65. The third-order valence-electron chi connectivity index (χ3n) is 5.39. The van der Waals surface area contributed by atoms with Crippen molar-refractivity contribution in [3.8, 4) is 11.4 Å². The minimum absolute atomic E-state index is 0.150. The highest BCUT2D eigenvalue weighted by atomic mass is 16.2. The van der Waals surface area contributed by atoms with Gasteiger partial charge in [-0.15, -0.1) is 5.10 Å². The van der Waals surface area contributed by atoms with E-state index in [0.717, 1.165) is 18.4 Å². The summed E-state index contributed by atoms with van der Waals surface area (Å²) in [5.41, 5.74) is 0.897. The van der Waals surface area contributed by atoms with Gasteiger partial charge >= 0.3 is 5.69 Å². The Morgan fingerprint density at radius 2 is 1.97 bits per heavy atom. The molecule has 1 N–H and O–H groups in total. The number of hydrogen-bond donors (Lipinski definition) is 1. The molecule has 3 aromatic heterocycles. The molecule has 0 saturated heterocycles. The summed E-state index contributed by atoms with van der Waals surface area (Å²) >= 11 is 0. The van der Waals surface area contributed by atoms with E-state index in [2.05, 4.69) is 20.4 Å². The molecule has 10 heteroatoms. The Hall–Kier alpha value is -4.08. The number of para-hydroxylation sites is 1. The maximum atomic E-state index is 12.9. The number of nitrogens with one attached hydrogen (secondary N) is 1. The molecule has 162 valence electrons. The molecule has 0 bridgehead atoms. The number of pyridine rings is 1. The second-order valence-corrected chi connectivity index (χ2v) is 7.72. The topological polar surface area (TPSA) is 117 Å². The van der Waals surface area contributed by atoms with Gasteiger partial charge in [0, 0.05) is 30.5 Å². The predicted octanol–water partition coefficient (Wildman–Crippen LogP) is 0.968. The van der Waals surface area contributed by atoms with Gasteiger partial charge in [0.25, 0.3) is 5.56 Å². The van der Waals surface area contributed by atoms with Crippen molar-refractivity contribution < 1.29 is 4.79 Å². The molecular formula is C22H21N7O3. The van der Waals surface area contributed by atoms with Crippen LogP contribution in [0.3, 0.4) is 0 Å². The van der Waals surface area contributed by atoms with Crippen molar-refractivity contribution in [2.24, 2.45) is 0 Å². The van der Waals surface area contributed by atoms with E-state index >= 15 is 0 Å². The molecular weight excluding hydrogens is 410 g/mol. The first-order valence-corrected chi connectivity index (χ1v) is 10.4. The summed E-state index contributed by atoms with van der Waals surface area (Å²) in [5, 5.41) is 7.69. The van der Waals surface area contributed by atoms with Crippen LogP contribution in [0.4, 0.5) is 0 Å². The maximum Gasteiger partial charge on any atom is 0.346 e. The van der Waals surface area contributed by atoms with Crippen LogP contribution >= 0.6 is 0 Å². The third-order valence-corrected chi connectivity index (χ3v) is 5.39. The van der Waals surface area contributed by atoms with Gasteiger partial charge in [-0.25, -0.2) is 14.5 Å². The first-order chi connectivity index (χ1) is 15.6. The number of hydrogen-bond acceptors (Lipinski definition) is 6. The van der Waals surface area contributed by atoms with Crippen molar-refractivity contribution in [2.75, 3.05) is 6.54 Å². The summed E-state index contributed by atoms with van der Waals surface area (Å²) in [6, 6.07) is 10.8. The van der Waals surface area contributed by atoms with Crippen LogP contribution in [0.5, 0.6) is 0 Å². The molecule has 3 heterocycles. The van der Waals surface area contributed by atoms with Gasteiger partial charge in [0.05, 0.1) is 23.8 Å². The Bertz CT molecular complexity index is 1400. The highest BCUT2D eigenvalue weighted by molar-refractivity contribution is 5.78. The predicted molar refractivity (Wildman–Crippen MR) is 117 cm³/mol. The Morgan fingerprint density at radius 3 is 2.75 bits per heavy atom. The lowest BCUT2D eigenvalue weighted by Crippen LogP contribution is -2.36. The van der Waals surface area contributed by atoms with E-state index in [1.54, 1.807) is 47.3 Å². The molecule has 1 amide bonds. The molecule has 0 aliphatic heterocycles. The summed E-state index contributed by atoms with van der Waals surface area (Å²) in [6.45, 7) is 0.286. The minimum Gasteiger partial charge on any atom is -0.353 e. The van der Waals surface area contributed by atoms with Crippen LogP contribution < -0.4 is 16.6 Å². The van der Waals surface area contributed by atoms with Gasteiger partial charge in [0.2, 0.25) is 5.91 Å². The molecule has 5 rings (SSSR count). The Balaban J connectivity index is 1.27. The van der Waals surface area contributed by atoms with E-state index in [0.29, 0.717) is 16.7 Å². The fourth-order valence-electron chi connectivity index (χ4n) is 3.65. The molecule has 1 saturated carbocycles. The lowest BCUT2D eigenvalue weighted by Gasteiger charge is -2.07. The number of nitrogens with zero attached hydrogens (tertiary/aromatic N) is 6. The average Bonchev–Trinajstić information content (AvgIpc) is 3.60. The average molecular weight is 431 g/mol. The lowest BCUT2D eigenvalue weighted by atomic mass is 10.2. The highest BCUT2D eigenvalue weighted by Gasteiger charge is 2.30. The summed E-state index contributed by atoms with van der Waals surface area (Å²) in [6.07, 6.45) is 6.62. The van der Waals surface area contributed by atoms with E-state index < -0.39 is 0 Å². The van der Waals surface area contributed by atoms with Crippen LogP contribution in [0.2, 0.25) is 0 Å². The molecule has 0 atom stereocenters. The van der Waals surface area contributed by atoms with Crippen LogP contribution in [0.1, 0.15) is 18.9 Å². The number of fused-ring (bicyclic) bond motifs is 1. The van der Waals surface area contributed by atoms with E-state index in [1.807, 2.05) is 6.07 Å². The Labute approximate surface area is 182 Å². The number of rotatable bonds is 7. The summed E-state index contributed by atoms with van der Waals surface area (Å²) in [7, 11) is 0. The Kier molecular flexibility index (Phi) is 5.10. The van der Waals surface area contributed by atoms with Gasteiger partial charge in [-0.05, 0) is 37.1 Å². The second kappa shape index (κ2) is 8.22. The summed E-state index contributed by atoms with van der Waals surface area (Å²) < 4.78 is 4.34. The zero-order valence-electron chi connectivity index (χ0n) is 17.2. The van der Waals surface area contributed by atoms with Crippen LogP contribution in [0.25, 0.3) is 22.3 Å². The van der Waals surface area contributed by atoms with Crippen molar-refractivity contribution in [3.05, 3.63) is 76.0 Å². The molecule has 32 heavy (non-hydrogen) atoms. The quantitative estimate of drug-likeness (QED) is 0.466. The molecule has 0 spiro atoms. The van der Waals surface area contributed by atoms with Gasteiger partial charge in [0.1, 0.15) is 6.54 Å². The van der Waals surface area contributed by atoms with Gasteiger partial charge in [-0.1, -0.05) is 12.1 Å². The van der Waals surface area contributed by atoms with Crippen LogP contribution in [0, 0.1) is 0 Å². The monoisotopic (exact) mass is 431 g/mol. The van der Waals surface area contributed by atoms with Crippen LogP contribution in [-0.4, -0.2) is 41.3 Å².